The van der Waals surface area contributed by atoms with Gasteiger partial charge in [-0.05, 0) is 74.7 Å². The lowest BCUT2D eigenvalue weighted by Crippen LogP contribution is -2.47. The van der Waals surface area contributed by atoms with Crippen molar-refractivity contribution in [1.82, 2.24) is 9.29 Å². The molecule has 7 nitrogen and oxygen atoms in total. The lowest BCUT2D eigenvalue weighted by Gasteiger charge is -2.38. The molecule has 2 atom stereocenters. The molecule has 1 aromatic heterocycles. The lowest BCUT2D eigenvalue weighted by molar-refractivity contribution is -0.160. The van der Waals surface area contributed by atoms with Gasteiger partial charge in [0.2, 0.25) is 10.0 Å². The second-order valence-corrected chi connectivity index (χ2v) is 14.1. The van der Waals surface area contributed by atoms with Crippen molar-refractivity contribution in [3.63, 3.8) is 0 Å². The maximum Gasteiger partial charge on any atom is 0.331 e. The molecule has 0 saturated heterocycles. The third kappa shape index (κ3) is 5.87. The molecule has 0 bridgehead atoms. The summed E-state index contributed by atoms with van der Waals surface area (Å²) in [6.07, 6.45) is 0. The molecule has 44 heavy (non-hydrogen) atoms. The smallest absolute Gasteiger partial charge is 0.331 e. The van der Waals surface area contributed by atoms with E-state index in [1.807, 2.05) is 85.8 Å². The topological polar surface area (TPSA) is 88.7 Å². The van der Waals surface area contributed by atoms with E-state index in [1.54, 1.807) is 45.0 Å². The average Bonchev–Trinajstić information content (AvgIpc) is 3.39. The van der Waals surface area contributed by atoms with Gasteiger partial charge in [-0.3, -0.25) is 0 Å². The normalized spacial score (nSPS) is 17.3. The first-order valence-corrected chi connectivity index (χ1v) is 16.1. The fourth-order valence-electron chi connectivity index (χ4n) is 5.78. The molecule has 0 aliphatic carbocycles. The fraction of sp³-hybridized carbons (Fsp3) is 0.250. The molecule has 1 aliphatic rings. The molecule has 226 valence electrons. The number of hydrogen-bond acceptors (Lipinski definition) is 5. The molecule has 2 unspecified atom stereocenters. The molecule has 4 aromatic carbocycles. The Kier molecular flexibility index (Phi) is 7.82. The number of nitrogens with zero attached hydrogens (tertiary/aromatic N) is 1. The molecule has 0 saturated carbocycles. The SMILES string of the molecule is Cc1ccc(S(=O)(=O)N2CC(c3ccc(OCc4ccccc4)cc3)c3c([nH]c4ccccc34)C2C(=O)OC(C)(C)C)cc1. The Labute approximate surface area is 258 Å². The quantitative estimate of drug-likeness (QED) is 0.196. The Morgan fingerprint density at radius 2 is 1.55 bits per heavy atom. The zero-order valence-corrected chi connectivity index (χ0v) is 26.1. The van der Waals surface area contributed by atoms with Crippen LogP contribution in [0.3, 0.4) is 0 Å². The lowest BCUT2D eigenvalue weighted by atomic mass is 9.84. The van der Waals surface area contributed by atoms with Crippen molar-refractivity contribution in [2.75, 3.05) is 6.54 Å². The Morgan fingerprint density at radius 3 is 2.23 bits per heavy atom. The van der Waals surface area contributed by atoms with Gasteiger partial charge in [-0.25, -0.2) is 13.2 Å². The van der Waals surface area contributed by atoms with Crippen molar-refractivity contribution in [2.45, 2.75) is 56.8 Å². The largest absolute Gasteiger partial charge is 0.489 e. The number of esters is 1. The van der Waals surface area contributed by atoms with Crippen LogP contribution in [0.15, 0.2) is 108 Å². The minimum atomic E-state index is -4.11. The molecular formula is C36H36N2O5S. The number of carbonyl (C=O) groups is 1. The van der Waals surface area contributed by atoms with Gasteiger partial charge in [0.15, 0.2) is 6.04 Å². The summed E-state index contributed by atoms with van der Waals surface area (Å²) in [7, 11) is -4.11. The van der Waals surface area contributed by atoms with Gasteiger partial charge >= 0.3 is 5.97 Å². The van der Waals surface area contributed by atoms with E-state index in [4.69, 9.17) is 9.47 Å². The van der Waals surface area contributed by atoms with Gasteiger partial charge in [-0.15, -0.1) is 0 Å². The molecular weight excluding hydrogens is 572 g/mol. The summed E-state index contributed by atoms with van der Waals surface area (Å²) >= 11 is 0. The Balaban J connectivity index is 1.45. The summed E-state index contributed by atoms with van der Waals surface area (Å²) in [5, 5.41) is 0.942. The van der Waals surface area contributed by atoms with Crippen molar-refractivity contribution in [3.05, 3.63) is 131 Å². The third-order valence-electron chi connectivity index (χ3n) is 7.84. The molecule has 6 rings (SSSR count). The number of sulfonamides is 1. The second-order valence-electron chi connectivity index (χ2n) is 12.2. The number of nitrogens with one attached hydrogen (secondary N) is 1. The summed E-state index contributed by atoms with van der Waals surface area (Å²) in [5.74, 6) is -0.268. The van der Waals surface area contributed by atoms with Crippen LogP contribution in [-0.4, -0.2) is 35.8 Å². The van der Waals surface area contributed by atoms with Crippen LogP contribution in [0.25, 0.3) is 10.9 Å². The highest BCUT2D eigenvalue weighted by Crippen LogP contribution is 2.46. The summed E-state index contributed by atoms with van der Waals surface area (Å²) in [5.41, 5.74) is 4.36. The van der Waals surface area contributed by atoms with Gasteiger partial charge in [0.05, 0.1) is 4.90 Å². The van der Waals surface area contributed by atoms with E-state index in [1.165, 1.54) is 4.31 Å². The van der Waals surface area contributed by atoms with Gasteiger partial charge in [0.1, 0.15) is 18.0 Å². The number of aryl methyl sites for hydroxylation is 1. The number of fused-ring (bicyclic) bond motifs is 3. The number of H-pyrrole nitrogens is 1. The fourth-order valence-corrected chi connectivity index (χ4v) is 7.35. The van der Waals surface area contributed by atoms with E-state index in [-0.39, 0.29) is 17.4 Å². The van der Waals surface area contributed by atoms with E-state index < -0.39 is 27.6 Å². The highest BCUT2D eigenvalue weighted by molar-refractivity contribution is 7.89. The van der Waals surface area contributed by atoms with Gasteiger partial charge in [-0.2, -0.15) is 4.31 Å². The maximum absolute atomic E-state index is 14.3. The second kappa shape index (κ2) is 11.6. The number of rotatable bonds is 7. The van der Waals surface area contributed by atoms with Gasteiger partial charge in [0, 0.05) is 29.1 Å². The van der Waals surface area contributed by atoms with Crippen molar-refractivity contribution in [2.24, 2.45) is 0 Å². The third-order valence-corrected chi connectivity index (χ3v) is 9.68. The van der Waals surface area contributed by atoms with E-state index in [0.717, 1.165) is 33.2 Å². The highest BCUT2D eigenvalue weighted by Gasteiger charge is 2.47. The number of aromatic nitrogens is 1. The average molecular weight is 609 g/mol. The summed E-state index contributed by atoms with van der Waals surface area (Å²) in [4.78, 5) is 17.4. The van der Waals surface area contributed by atoms with Crippen LogP contribution < -0.4 is 4.74 Å². The van der Waals surface area contributed by atoms with Crippen LogP contribution >= 0.6 is 0 Å². The van der Waals surface area contributed by atoms with E-state index in [2.05, 4.69) is 4.98 Å². The van der Waals surface area contributed by atoms with Crippen molar-refractivity contribution in [3.8, 4) is 5.75 Å². The molecule has 0 spiro atoms. The molecule has 0 fully saturated rings. The van der Waals surface area contributed by atoms with Crippen molar-refractivity contribution >= 4 is 26.9 Å². The monoisotopic (exact) mass is 608 g/mol. The van der Waals surface area contributed by atoms with Crippen LogP contribution in [0.1, 0.15) is 60.7 Å². The van der Waals surface area contributed by atoms with Crippen LogP contribution in [0.4, 0.5) is 0 Å². The maximum atomic E-state index is 14.3. The first kappa shape index (κ1) is 29.7. The molecule has 2 heterocycles. The number of para-hydroxylation sites is 1. The van der Waals surface area contributed by atoms with Crippen LogP contribution in [0, 0.1) is 6.92 Å². The number of aromatic amines is 1. The van der Waals surface area contributed by atoms with Crippen LogP contribution in [0.5, 0.6) is 5.75 Å². The summed E-state index contributed by atoms with van der Waals surface area (Å²) < 4.78 is 41.8. The first-order valence-electron chi connectivity index (χ1n) is 14.7. The molecule has 0 radical (unpaired) electrons. The Hall–Kier alpha value is -4.40. The van der Waals surface area contributed by atoms with Gasteiger partial charge in [-0.1, -0.05) is 78.4 Å². The Morgan fingerprint density at radius 1 is 0.886 bits per heavy atom. The standard InChI is InChI=1S/C36H36N2O5S/c1-24-14-20-28(21-15-24)44(40,41)38-22-30(26-16-18-27(19-17-26)42-23-25-10-6-5-7-11-25)32-29-12-8-9-13-31(29)37-33(32)34(38)35(39)43-36(2,3)4/h5-21,30,34,37H,22-23H2,1-4H3. The van der Waals surface area contributed by atoms with Crippen LogP contribution in [-0.2, 0) is 26.2 Å². The number of carbonyl (C=O) groups excluding carboxylic acids is 1. The molecule has 1 N–H and O–H groups in total. The molecule has 1 aliphatic heterocycles. The Bertz CT molecular complexity index is 1890. The predicted molar refractivity (Wildman–Crippen MR) is 171 cm³/mol. The highest BCUT2D eigenvalue weighted by atomic mass is 32.2. The van der Waals surface area contributed by atoms with E-state index >= 15 is 0 Å². The minimum Gasteiger partial charge on any atom is -0.489 e. The predicted octanol–water partition coefficient (Wildman–Crippen LogP) is 7.27. The van der Waals surface area contributed by atoms with Gasteiger partial charge < -0.3 is 14.5 Å². The molecule has 0 amide bonds. The number of hydrogen-bond donors (Lipinski definition) is 1. The van der Waals surface area contributed by atoms with Crippen LogP contribution in [0.2, 0.25) is 0 Å². The molecule has 8 heteroatoms. The van der Waals surface area contributed by atoms with Gasteiger partial charge in [0.25, 0.3) is 0 Å². The molecule has 5 aromatic rings. The number of ether oxygens (including phenoxy) is 2. The first-order chi connectivity index (χ1) is 21.0. The van der Waals surface area contributed by atoms with Crippen molar-refractivity contribution in [1.29, 1.82) is 0 Å². The summed E-state index contributed by atoms with van der Waals surface area (Å²) in [6, 6.07) is 31.0. The van der Waals surface area contributed by atoms with E-state index in [0.29, 0.717) is 18.1 Å². The van der Waals surface area contributed by atoms with E-state index in [9.17, 15) is 13.2 Å². The van der Waals surface area contributed by atoms with Crippen molar-refractivity contribution < 1.29 is 22.7 Å². The number of benzene rings is 4. The zero-order valence-electron chi connectivity index (χ0n) is 25.3. The summed E-state index contributed by atoms with van der Waals surface area (Å²) in [6.45, 7) is 7.74. The zero-order chi connectivity index (χ0) is 31.1. The minimum absolute atomic E-state index is 0.0547.